The van der Waals surface area contributed by atoms with Crippen LogP contribution in [0.5, 0.6) is 0 Å². The Balaban J connectivity index is 0.000000225. The average Bonchev–Trinajstić information content (AvgIpc) is 3.54. The van der Waals surface area contributed by atoms with Crippen molar-refractivity contribution < 1.29 is 22.5 Å². The summed E-state index contributed by atoms with van der Waals surface area (Å²) in [4.78, 5) is 24.8. The first-order valence-corrected chi connectivity index (χ1v) is 16.7. The molecule has 0 aliphatic heterocycles. The Morgan fingerprint density at radius 2 is 1.30 bits per heavy atom. The molecule has 4 aliphatic carbocycles. The van der Waals surface area contributed by atoms with Gasteiger partial charge < -0.3 is 10.5 Å². The molecule has 46 heavy (non-hydrogen) atoms. The van der Waals surface area contributed by atoms with Crippen molar-refractivity contribution in [3.8, 4) is 0 Å². The summed E-state index contributed by atoms with van der Waals surface area (Å²) < 4.78 is 33.8. The number of nitrogens with two attached hydrogens (primary N) is 1. The van der Waals surface area contributed by atoms with Gasteiger partial charge in [-0.2, -0.15) is 0 Å². The van der Waals surface area contributed by atoms with Crippen LogP contribution in [-0.2, 0) is 22.6 Å². The van der Waals surface area contributed by atoms with E-state index in [1.807, 2.05) is 50.4 Å². The molecule has 256 valence electrons. The van der Waals surface area contributed by atoms with Gasteiger partial charge in [-0.05, 0) is 92.9 Å². The first-order chi connectivity index (χ1) is 21.6. The minimum atomic E-state index is -3.67. The molecule has 2 aromatic heterocycles. The van der Waals surface area contributed by atoms with Gasteiger partial charge in [0.05, 0.1) is 17.9 Å². The van der Waals surface area contributed by atoms with E-state index < -0.39 is 7.54 Å². The predicted molar refractivity (Wildman–Crippen MR) is 182 cm³/mol. The Morgan fingerprint density at radius 3 is 1.57 bits per heavy atom. The molecule has 0 aromatic carbocycles. The van der Waals surface area contributed by atoms with Crippen LogP contribution in [0.3, 0.4) is 0 Å². The molecule has 4 saturated carbocycles. The maximum absolute atomic E-state index is 11.6. The van der Waals surface area contributed by atoms with Crippen LogP contribution in [0.25, 0.3) is 0 Å². The summed E-state index contributed by atoms with van der Waals surface area (Å²) in [6.07, 6.45) is 10.7. The van der Waals surface area contributed by atoms with Gasteiger partial charge in [0.15, 0.2) is 0 Å². The van der Waals surface area contributed by atoms with Crippen LogP contribution >= 0.6 is 0 Å². The van der Waals surface area contributed by atoms with Gasteiger partial charge >= 0.3 is 7.54 Å². The molecular weight excluding hydrogens is 588 g/mol. The van der Waals surface area contributed by atoms with Crippen molar-refractivity contribution in [3.05, 3.63) is 60.2 Å². The van der Waals surface area contributed by atoms with E-state index in [0.717, 1.165) is 49.9 Å². The average molecular weight is 645 g/mol. The molecule has 2 unspecified atom stereocenters. The van der Waals surface area contributed by atoms with Crippen LogP contribution in [0.15, 0.2) is 53.8 Å². The van der Waals surface area contributed by atoms with Gasteiger partial charge in [-0.25, -0.2) is 0 Å². The lowest BCUT2D eigenvalue weighted by Gasteiger charge is -2.34. The molecule has 0 amide bonds. The fraction of sp³-hybridized carbons (Fsp3) is 0.667. The molecule has 0 saturated heterocycles. The standard InChI is InChI=1S/C16H22N2.C10H16O.C6H8N2.C4H10O.BF3/c1-15(2)12-7-8-16(15,3)14(10-12)18-11-13-6-4-5-9-17-13;1-9(2)7-4-5-10(9,3)8(11)6-7;7-5-6-3-1-2-4-8-6;1-3-5-4-2;2-1(3)4/h4-6,9,12H,7-8,10-11H2,1-3H3;7H,4-6H2,1-3H3;1-4H,5,7H2;3-4H2,1-2H3;/t12?,16-;7?,10-;;;/m00.../s1. The molecule has 4 bridgehead atoms. The fourth-order valence-electron chi connectivity index (χ4n) is 7.46. The summed E-state index contributed by atoms with van der Waals surface area (Å²) in [5.74, 6) is 2.03. The Bertz CT molecular complexity index is 1230. The minimum Gasteiger partial charge on any atom is -0.382 e. The number of Topliss-reactive ketones (excluding diaryl/α,β-unsaturated/α-hetero) is 1. The molecule has 2 N–H and O–H groups in total. The molecular formula is C36H56BF3N4O2. The number of rotatable bonds is 5. The largest absolute Gasteiger partial charge is 0.762 e. The van der Waals surface area contributed by atoms with E-state index >= 15 is 0 Å². The van der Waals surface area contributed by atoms with Crippen LogP contribution in [0.1, 0.15) is 105 Å². The second kappa shape index (κ2) is 17.5. The molecule has 6 nitrogen and oxygen atoms in total. The summed E-state index contributed by atoms with van der Waals surface area (Å²) in [5, 5.41) is 0. The number of aliphatic imine (C=N–C) groups is 1. The summed E-state index contributed by atoms with van der Waals surface area (Å²) in [5.41, 5.74) is 9.80. The highest BCUT2D eigenvalue weighted by molar-refractivity contribution is 6.33. The lowest BCUT2D eigenvalue weighted by molar-refractivity contribution is -0.128. The quantitative estimate of drug-likeness (QED) is 0.329. The highest BCUT2D eigenvalue weighted by Crippen LogP contribution is 2.64. The van der Waals surface area contributed by atoms with E-state index in [4.69, 9.17) is 15.5 Å². The van der Waals surface area contributed by atoms with Crippen molar-refractivity contribution in [1.29, 1.82) is 0 Å². The van der Waals surface area contributed by atoms with Gasteiger partial charge in [0.2, 0.25) is 0 Å². The molecule has 10 heteroatoms. The number of halogens is 3. The van der Waals surface area contributed by atoms with E-state index in [2.05, 4.69) is 57.6 Å². The molecule has 4 fully saturated rings. The third-order valence-corrected chi connectivity index (χ3v) is 11.5. The van der Waals surface area contributed by atoms with Crippen LogP contribution < -0.4 is 5.73 Å². The highest BCUT2D eigenvalue weighted by atomic mass is 19.4. The van der Waals surface area contributed by atoms with Crippen molar-refractivity contribution in [2.45, 2.75) is 107 Å². The van der Waals surface area contributed by atoms with Crippen molar-refractivity contribution in [2.24, 2.45) is 44.2 Å². The first kappa shape index (κ1) is 39.6. The lowest BCUT2D eigenvalue weighted by atomic mass is 9.70. The minimum absolute atomic E-state index is 0.0255. The number of ketones is 1. The Morgan fingerprint density at radius 1 is 0.826 bits per heavy atom. The molecule has 6 rings (SSSR count). The number of nitrogens with zero attached hydrogens (tertiary/aromatic N) is 3. The van der Waals surface area contributed by atoms with Gasteiger partial charge in [-0.15, -0.1) is 0 Å². The maximum atomic E-state index is 11.6. The predicted octanol–water partition coefficient (Wildman–Crippen LogP) is 8.73. The van der Waals surface area contributed by atoms with Gasteiger partial charge in [-0.1, -0.05) is 53.7 Å². The zero-order valence-corrected chi connectivity index (χ0v) is 29.3. The number of carbonyl (C=O) groups excluding carboxylic acids is 1. The fourth-order valence-corrected chi connectivity index (χ4v) is 7.46. The third-order valence-electron chi connectivity index (χ3n) is 11.5. The molecule has 2 heterocycles. The van der Waals surface area contributed by atoms with E-state index in [1.165, 1.54) is 31.4 Å². The number of carbonyl (C=O) groups is 1. The number of fused-ring (bicyclic) bond motifs is 4. The van der Waals surface area contributed by atoms with Gasteiger partial charge in [0.25, 0.3) is 0 Å². The summed E-state index contributed by atoms with van der Waals surface area (Å²) >= 11 is 0. The van der Waals surface area contributed by atoms with Gasteiger partial charge in [0.1, 0.15) is 5.78 Å². The second-order valence-electron chi connectivity index (χ2n) is 14.0. The third kappa shape index (κ3) is 9.49. The van der Waals surface area contributed by atoms with Crippen molar-refractivity contribution in [3.63, 3.8) is 0 Å². The SMILES string of the molecule is CC1(C)C2CC[C@@]1(C)C(=NCc1ccccn1)C2.CC1(C)C2CC[C@@]1(C)C(=O)C2.CCOCC.FB(F)F.NCc1ccccn1. The molecule has 4 atom stereocenters. The van der Waals surface area contributed by atoms with Crippen LogP contribution in [0.2, 0.25) is 0 Å². The molecule has 0 spiro atoms. The number of ether oxygens (including phenoxy) is 1. The van der Waals surface area contributed by atoms with Gasteiger partial charge in [-0.3, -0.25) is 32.7 Å². The van der Waals surface area contributed by atoms with Crippen molar-refractivity contribution >= 4 is 19.0 Å². The van der Waals surface area contributed by atoms with Crippen molar-refractivity contribution in [1.82, 2.24) is 9.97 Å². The number of pyridine rings is 2. The van der Waals surface area contributed by atoms with Crippen LogP contribution in [-0.4, -0.2) is 42.2 Å². The topological polar surface area (TPSA) is 90.5 Å². The van der Waals surface area contributed by atoms with Crippen molar-refractivity contribution in [2.75, 3.05) is 13.2 Å². The smallest absolute Gasteiger partial charge is 0.382 e. The number of hydrogen-bond acceptors (Lipinski definition) is 6. The molecule has 4 aliphatic rings. The Hall–Kier alpha value is -2.59. The zero-order valence-electron chi connectivity index (χ0n) is 29.3. The zero-order chi connectivity index (χ0) is 34.6. The lowest BCUT2D eigenvalue weighted by Crippen LogP contribution is -2.32. The first-order valence-electron chi connectivity index (χ1n) is 16.7. The Kier molecular flexibility index (Phi) is 15.1. The summed E-state index contributed by atoms with van der Waals surface area (Å²) in [6.45, 7) is 20.9. The van der Waals surface area contributed by atoms with E-state index in [0.29, 0.717) is 29.1 Å². The van der Waals surface area contributed by atoms with E-state index in [1.54, 1.807) is 6.20 Å². The summed E-state index contributed by atoms with van der Waals surface area (Å²) in [6, 6.07) is 11.8. The Labute approximate surface area is 275 Å². The molecule has 0 radical (unpaired) electrons. The maximum Gasteiger partial charge on any atom is 0.762 e. The second-order valence-corrected chi connectivity index (χ2v) is 14.0. The number of aromatic nitrogens is 2. The number of hydrogen-bond donors (Lipinski definition) is 1. The van der Waals surface area contributed by atoms with Crippen LogP contribution in [0.4, 0.5) is 12.9 Å². The highest BCUT2D eigenvalue weighted by Gasteiger charge is 2.61. The van der Waals surface area contributed by atoms with E-state index in [-0.39, 0.29) is 10.8 Å². The molecule has 2 aromatic rings. The van der Waals surface area contributed by atoms with E-state index in [9.17, 15) is 17.7 Å². The normalized spacial score (nSPS) is 28.1. The summed E-state index contributed by atoms with van der Waals surface area (Å²) in [7, 11) is -3.67. The van der Waals surface area contributed by atoms with Crippen LogP contribution in [0, 0.1) is 33.5 Å². The monoisotopic (exact) mass is 644 g/mol. The van der Waals surface area contributed by atoms with Gasteiger partial charge in [0, 0.05) is 55.1 Å².